The van der Waals surface area contributed by atoms with Crippen LogP contribution in [0, 0.1) is 5.82 Å². The predicted octanol–water partition coefficient (Wildman–Crippen LogP) is 3.29. The molecule has 28 heavy (non-hydrogen) atoms. The maximum Gasteiger partial charge on any atom is 0.226 e. The number of hydrogen-bond donors (Lipinski definition) is 1. The number of piperazine rings is 1. The van der Waals surface area contributed by atoms with Gasteiger partial charge in [-0.05, 0) is 37.1 Å². The first-order chi connectivity index (χ1) is 13.7. The zero-order chi connectivity index (χ0) is 19.3. The van der Waals surface area contributed by atoms with Crippen LogP contribution in [0.2, 0.25) is 0 Å². The Morgan fingerprint density at radius 3 is 2.50 bits per heavy atom. The zero-order valence-corrected chi connectivity index (χ0v) is 16.2. The average molecular weight is 385 g/mol. The molecule has 2 aromatic rings. The van der Waals surface area contributed by atoms with Gasteiger partial charge in [0.2, 0.25) is 5.91 Å². The Balaban J connectivity index is 1.22. The molecule has 1 saturated carbocycles. The van der Waals surface area contributed by atoms with Gasteiger partial charge in [0.15, 0.2) is 0 Å². The number of rotatable bonds is 6. The van der Waals surface area contributed by atoms with Crippen LogP contribution >= 0.6 is 0 Å². The number of halogens is 1. The second-order valence-electron chi connectivity index (χ2n) is 7.70. The monoisotopic (exact) mass is 385 g/mol. The Hall–Kier alpha value is -2.41. The number of hydrogen-bond acceptors (Lipinski definition) is 4. The van der Waals surface area contributed by atoms with Gasteiger partial charge in [0.1, 0.15) is 11.6 Å². The summed E-state index contributed by atoms with van der Waals surface area (Å²) in [5, 5.41) is 7.44. The van der Waals surface area contributed by atoms with E-state index in [9.17, 15) is 9.18 Å². The summed E-state index contributed by atoms with van der Waals surface area (Å²) < 4.78 is 15.0. The van der Waals surface area contributed by atoms with Crippen molar-refractivity contribution in [3.63, 3.8) is 0 Å². The summed E-state index contributed by atoms with van der Waals surface area (Å²) in [6.45, 7) is 4.35. The molecule has 0 bridgehead atoms. The van der Waals surface area contributed by atoms with E-state index in [1.165, 1.54) is 25.0 Å². The normalized spacial score (nSPS) is 18.5. The molecule has 2 aliphatic rings. The highest BCUT2D eigenvalue weighted by molar-refractivity contribution is 5.89. The molecule has 1 saturated heterocycles. The molecule has 6 nitrogen and oxygen atoms in total. The fraction of sp³-hybridized carbons (Fsp3) is 0.524. The highest BCUT2D eigenvalue weighted by Gasteiger charge is 2.21. The molecule has 1 aliphatic carbocycles. The molecule has 0 spiro atoms. The van der Waals surface area contributed by atoms with E-state index in [0.717, 1.165) is 57.1 Å². The third-order valence-corrected chi connectivity index (χ3v) is 5.83. The van der Waals surface area contributed by atoms with Gasteiger partial charge in [-0.15, -0.1) is 0 Å². The summed E-state index contributed by atoms with van der Waals surface area (Å²) in [6.07, 6.45) is 7.00. The summed E-state index contributed by atoms with van der Waals surface area (Å²) in [7, 11) is 0. The van der Waals surface area contributed by atoms with Crippen LogP contribution in [0.1, 0.15) is 38.1 Å². The van der Waals surface area contributed by atoms with Gasteiger partial charge >= 0.3 is 0 Å². The summed E-state index contributed by atoms with van der Waals surface area (Å²) in [5.41, 5.74) is 1.05. The van der Waals surface area contributed by atoms with E-state index < -0.39 is 0 Å². The Kier molecular flexibility index (Phi) is 5.90. The number of anilines is 2. The summed E-state index contributed by atoms with van der Waals surface area (Å²) in [4.78, 5) is 17.0. The number of carbonyl (C=O) groups excluding carboxylic acids is 1. The lowest BCUT2D eigenvalue weighted by atomic mass is 10.2. The van der Waals surface area contributed by atoms with Crippen molar-refractivity contribution in [2.24, 2.45) is 0 Å². The molecular formula is C21H28FN5O. The third kappa shape index (κ3) is 4.52. The first-order valence-corrected chi connectivity index (χ1v) is 10.3. The van der Waals surface area contributed by atoms with Crippen molar-refractivity contribution >= 4 is 17.4 Å². The van der Waals surface area contributed by atoms with Crippen LogP contribution in [0.3, 0.4) is 0 Å². The Morgan fingerprint density at radius 1 is 1.07 bits per heavy atom. The van der Waals surface area contributed by atoms with Gasteiger partial charge in [-0.3, -0.25) is 9.69 Å². The second kappa shape index (κ2) is 8.73. The lowest BCUT2D eigenvalue weighted by Gasteiger charge is -2.36. The van der Waals surface area contributed by atoms with Gasteiger partial charge in [-0.1, -0.05) is 12.8 Å². The van der Waals surface area contributed by atoms with Crippen LogP contribution in [-0.4, -0.2) is 53.3 Å². The average Bonchev–Trinajstić information content (AvgIpc) is 3.39. The number of aromatic nitrogens is 2. The van der Waals surface area contributed by atoms with E-state index in [1.54, 1.807) is 6.20 Å². The third-order valence-electron chi connectivity index (χ3n) is 5.83. The van der Waals surface area contributed by atoms with Gasteiger partial charge in [0, 0.05) is 50.9 Å². The van der Waals surface area contributed by atoms with Gasteiger partial charge in [-0.25, -0.2) is 9.07 Å². The first kappa shape index (κ1) is 18.9. The van der Waals surface area contributed by atoms with Gasteiger partial charge in [0.25, 0.3) is 0 Å². The molecule has 7 heteroatoms. The number of carbonyl (C=O) groups is 1. The van der Waals surface area contributed by atoms with Crippen molar-refractivity contribution in [2.45, 2.75) is 38.1 Å². The molecule has 1 aromatic heterocycles. The van der Waals surface area contributed by atoms with Crippen molar-refractivity contribution in [3.8, 4) is 0 Å². The number of nitrogens with zero attached hydrogens (tertiary/aromatic N) is 4. The highest BCUT2D eigenvalue weighted by Crippen LogP contribution is 2.31. The van der Waals surface area contributed by atoms with E-state index in [4.69, 9.17) is 0 Å². The predicted molar refractivity (Wildman–Crippen MR) is 108 cm³/mol. The van der Waals surface area contributed by atoms with Crippen molar-refractivity contribution in [1.29, 1.82) is 0 Å². The summed E-state index contributed by atoms with van der Waals surface area (Å²) in [5.74, 6) is 0.654. The van der Waals surface area contributed by atoms with Crippen molar-refractivity contribution < 1.29 is 9.18 Å². The maximum atomic E-state index is 13.1. The largest absolute Gasteiger partial charge is 0.369 e. The lowest BCUT2D eigenvalue weighted by Crippen LogP contribution is -2.47. The molecule has 2 heterocycles. The fourth-order valence-corrected chi connectivity index (χ4v) is 4.20. The molecule has 1 aliphatic heterocycles. The Bertz CT molecular complexity index is 776. The molecule has 150 valence electrons. The molecule has 0 radical (unpaired) electrons. The zero-order valence-electron chi connectivity index (χ0n) is 16.2. The number of amides is 1. The smallest absolute Gasteiger partial charge is 0.226 e. The molecule has 1 aromatic carbocycles. The quantitative estimate of drug-likeness (QED) is 0.829. The number of nitrogens with one attached hydrogen (secondary N) is 1. The van der Waals surface area contributed by atoms with Crippen molar-refractivity contribution in [2.75, 3.05) is 42.9 Å². The van der Waals surface area contributed by atoms with Gasteiger partial charge in [0.05, 0.1) is 12.2 Å². The Labute approximate surface area is 165 Å². The fourth-order valence-electron chi connectivity index (χ4n) is 4.20. The summed E-state index contributed by atoms with van der Waals surface area (Å²) >= 11 is 0. The van der Waals surface area contributed by atoms with Crippen molar-refractivity contribution in [1.82, 2.24) is 14.7 Å². The van der Waals surface area contributed by atoms with Crippen LogP contribution < -0.4 is 10.2 Å². The molecule has 1 amide bonds. The number of benzene rings is 1. The first-order valence-electron chi connectivity index (χ1n) is 10.3. The summed E-state index contributed by atoms with van der Waals surface area (Å²) in [6, 6.07) is 8.96. The second-order valence-corrected chi connectivity index (χ2v) is 7.70. The Morgan fingerprint density at radius 2 is 1.79 bits per heavy atom. The van der Waals surface area contributed by atoms with E-state index >= 15 is 0 Å². The molecule has 0 atom stereocenters. The standard InChI is InChI=1S/C21H28FN5O/c22-17-5-7-18(8-6-17)26-15-13-25(14-16-26)12-10-21(28)24-20-9-11-23-27(20)19-3-1-2-4-19/h5-9,11,19H,1-4,10,12-16H2,(H,24,28). The molecule has 0 unspecified atom stereocenters. The minimum absolute atomic E-state index is 0.0423. The van der Waals surface area contributed by atoms with Crippen molar-refractivity contribution in [3.05, 3.63) is 42.3 Å². The lowest BCUT2D eigenvalue weighted by molar-refractivity contribution is -0.116. The van der Waals surface area contributed by atoms with Gasteiger partial charge in [-0.2, -0.15) is 5.10 Å². The van der Waals surface area contributed by atoms with Crippen LogP contribution in [0.5, 0.6) is 0 Å². The minimum Gasteiger partial charge on any atom is -0.369 e. The van der Waals surface area contributed by atoms with Crippen LogP contribution in [0.15, 0.2) is 36.5 Å². The van der Waals surface area contributed by atoms with E-state index in [-0.39, 0.29) is 11.7 Å². The van der Waals surface area contributed by atoms with Crippen LogP contribution in [0.4, 0.5) is 15.9 Å². The van der Waals surface area contributed by atoms with Crippen LogP contribution in [-0.2, 0) is 4.79 Å². The van der Waals surface area contributed by atoms with Crippen LogP contribution in [0.25, 0.3) is 0 Å². The molecule has 2 fully saturated rings. The van der Waals surface area contributed by atoms with E-state index in [0.29, 0.717) is 12.5 Å². The molecular weight excluding hydrogens is 357 g/mol. The highest BCUT2D eigenvalue weighted by atomic mass is 19.1. The van der Waals surface area contributed by atoms with E-state index in [2.05, 4.69) is 20.2 Å². The molecule has 1 N–H and O–H groups in total. The topological polar surface area (TPSA) is 53.4 Å². The SMILES string of the molecule is O=C(CCN1CCN(c2ccc(F)cc2)CC1)Nc1ccnn1C1CCCC1. The molecule has 4 rings (SSSR count). The van der Waals surface area contributed by atoms with Gasteiger partial charge < -0.3 is 10.2 Å². The van der Waals surface area contributed by atoms with E-state index in [1.807, 2.05) is 22.9 Å². The maximum absolute atomic E-state index is 13.1. The minimum atomic E-state index is -0.206.